The van der Waals surface area contributed by atoms with Gasteiger partial charge in [-0.2, -0.15) is 0 Å². The van der Waals surface area contributed by atoms with Gasteiger partial charge >= 0.3 is 0 Å². The number of ether oxygens (including phenoxy) is 1. The van der Waals surface area contributed by atoms with Gasteiger partial charge in [0.05, 0.1) is 5.02 Å². The number of aliphatic hydroxyl groups is 1. The Labute approximate surface area is 159 Å². The molecule has 1 saturated heterocycles. The van der Waals surface area contributed by atoms with Crippen LogP contribution in [0, 0.1) is 11.8 Å². The molecule has 1 fully saturated rings. The van der Waals surface area contributed by atoms with E-state index < -0.39 is 6.10 Å². The van der Waals surface area contributed by atoms with Crippen molar-refractivity contribution in [2.75, 3.05) is 26.2 Å². The SMILES string of the molecule is CC(CC(=O)NCC(O)COc1cccc(Cl)c1Cl)C1CCNCC1. The van der Waals surface area contributed by atoms with Crippen LogP contribution in [-0.4, -0.2) is 43.4 Å². The molecule has 1 heterocycles. The number of amides is 1. The molecule has 0 saturated carbocycles. The molecule has 1 aliphatic rings. The molecule has 1 aromatic carbocycles. The van der Waals surface area contributed by atoms with E-state index in [1.807, 2.05) is 0 Å². The lowest BCUT2D eigenvalue weighted by molar-refractivity contribution is -0.122. The van der Waals surface area contributed by atoms with Crippen molar-refractivity contribution in [1.29, 1.82) is 0 Å². The van der Waals surface area contributed by atoms with Crippen molar-refractivity contribution in [3.8, 4) is 5.75 Å². The standard InChI is InChI=1S/C18H26Cl2N2O3/c1-12(13-5-7-21-8-6-13)9-17(24)22-10-14(23)11-25-16-4-2-3-15(19)18(16)20/h2-4,12-14,21,23H,5-11H2,1H3,(H,22,24). The Bertz CT molecular complexity index is 565. The van der Waals surface area contributed by atoms with Crippen LogP contribution in [0.4, 0.5) is 0 Å². The summed E-state index contributed by atoms with van der Waals surface area (Å²) in [5, 5.41) is 16.8. The Balaban J connectivity index is 1.67. The fourth-order valence-corrected chi connectivity index (χ4v) is 3.36. The number of hydrogen-bond donors (Lipinski definition) is 3. The largest absolute Gasteiger partial charge is 0.489 e. The summed E-state index contributed by atoms with van der Waals surface area (Å²) in [5.74, 6) is 1.32. The van der Waals surface area contributed by atoms with Crippen molar-refractivity contribution >= 4 is 29.1 Å². The Hall–Kier alpha value is -1.01. The first kappa shape index (κ1) is 20.3. The maximum atomic E-state index is 12.1. The molecule has 2 atom stereocenters. The Morgan fingerprint density at radius 2 is 2.12 bits per heavy atom. The van der Waals surface area contributed by atoms with Crippen molar-refractivity contribution in [3.05, 3.63) is 28.2 Å². The average Bonchev–Trinajstić information content (AvgIpc) is 2.62. The Morgan fingerprint density at radius 3 is 2.84 bits per heavy atom. The van der Waals surface area contributed by atoms with Crippen molar-refractivity contribution in [2.24, 2.45) is 11.8 Å². The number of piperidine rings is 1. The van der Waals surface area contributed by atoms with Crippen molar-refractivity contribution < 1.29 is 14.6 Å². The fourth-order valence-electron chi connectivity index (χ4n) is 3.02. The topological polar surface area (TPSA) is 70.6 Å². The lowest BCUT2D eigenvalue weighted by atomic mass is 9.84. The lowest BCUT2D eigenvalue weighted by Crippen LogP contribution is -2.37. The number of rotatable bonds is 8. The van der Waals surface area contributed by atoms with Gasteiger partial charge in [-0.1, -0.05) is 36.2 Å². The number of carbonyl (C=O) groups excluding carboxylic acids is 1. The number of hydrogen-bond acceptors (Lipinski definition) is 4. The van der Waals surface area contributed by atoms with Crippen LogP contribution < -0.4 is 15.4 Å². The molecule has 1 amide bonds. The molecule has 0 spiro atoms. The van der Waals surface area contributed by atoms with Crippen LogP contribution in [0.25, 0.3) is 0 Å². The quantitative estimate of drug-likeness (QED) is 0.640. The van der Waals surface area contributed by atoms with Gasteiger partial charge in [-0.15, -0.1) is 0 Å². The zero-order chi connectivity index (χ0) is 18.2. The fraction of sp³-hybridized carbons (Fsp3) is 0.611. The van der Waals surface area contributed by atoms with E-state index in [-0.39, 0.29) is 19.1 Å². The molecule has 7 heteroatoms. The number of benzene rings is 1. The average molecular weight is 389 g/mol. The summed E-state index contributed by atoms with van der Waals surface area (Å²) < 4.78 is 5.46. The minimum Gasteiger partial charge on any atom is -0.489 e. The summed E-state index contributed by atoms with van der Waals surface area (Å²) >= 11 is 11.9. The monoisotopic (exact) mass is 388 g/mol. The van der Waals surface area contributed by atoms with E-state index in [0.717, 1.165) is 25.9 Å². The molecule has 140 valence electrons. The highest BCUT2D eigenvalue weighted by atomic mass is 35.5. The molecule has 3 N–H and O–H groups in total. The smallest absolute Gasteiger partial charge is 0.220 e. The van der Waals surface area contributed by atoms with Crippen molar-refractivity contribution in [3.63, 3.8) is 0 Å². The molecule has 1 aliphatic heterocycles. The van der Waals surface area contributed by atoms with Gasteiger partial charge in [-0.25, -0.2) is 0 Å². The van der Waals surface area contributed by atoms with Gasteiger partial charge in [0.2, 0.25) is 5.91 Å². The third kappa shape index (κ3) is 6.66. The molecule has 0 aromatic heterocycles. The van der Waals surface area contributed by atoms with Gasteiger partial charge in [0.25, 0.3) is 0 Å². The second-order valence-electron chi connectivity index (χ2n) is 6.59. The summed E-state index contributed by atoms with van der Waals surface area (Å²) in [6.45, 7) is 4.36. The zero-order valence-corrected chi connectivity index (χ0v) is 15.9. The number of nitrogens with one attached hydrogen (secondary N) is 2. The van der Waals surface area contributed by atoms with Gasteiger partial charge in [0.15, 0.2) is 0 Å². The van der Waals surface area contributed by atoms with E-state index >= 15 is 0 Å². The van der Waals surface area contributed by atoms with Crippen LogP contribution in [0.3, 0.4) is 0 Å². The maximum Gasteiger partial charge on any atom is 0.220 e. The summed E-state index contributed by atoms with van der Waals surface area (Å²) in [7, 11) is 0. The van der Waals surface area contributed by atoms with E-state index in [1.54, 1.807) is 18.2 Å². The lowest BCUT2D eigenvalue weighted by Gasteiger charge is -2.28. The van der Waals surface area contributed by atoms with Crippen LogP contribution in [-0.2, 0) is 4.79 Å². The van der Waals surface area contributed by atoms with Crippen LogP contribution in [0.5, 0.6) is 5.75 Å². The molecule has 2 unspecified atom stereocenters. The van der Waals surface area contributed by atoms with E-state index in [4.69, 9.17) is 27.9 Å². The highest BCUT2D eigenvalue weighted by Crippen LogP contribution is 2.31. The predicted octanol–water partition coefficient (Wildman–Crippen LogP) is 2.88. The van der Waals surface area contributed by atoms with Crippen LogP contribution in [0.1, 0.15) is 26.2 Å². The molecular weight excluding hydrogens is 363 g/mol. The van der Waals surface area contributed by atoms with Crippen LogP contribution in [0.15, 0.2) is 18.2 Å². The first-order valence-corrected chi connectivity index (χ1v) is 9.45. The molecule has 25 heavy (non-hydrogen) atoms. The first-order valence-electron chi connectivity index (χ1n) is 8.69. The van der Waals surface area contributed by atoms with Crippen molar-refractivity contribution in [1.82, 2.24) is 10.6 Å². The van der Waals surface area contributed by atoms with Gasteiger partial charge < -0.3 is 20.5 Å². The highest BCUT2D eigenvalue weighted by molar-refractivity contribution is 6.42. The summed E-state index contributed by atoms with van der Waals surface area (Å²) in [5.41, 5.74) is 0. The number of aliphatic hydroxyl groups excluding tert-OH is 1. The summed E-state index contributed by atoms with van der Waals surface area (Å²) in [6, 6.07) is 5.07. The van der Waals surface area contributed by atoms with Gasteiger partial charge in [-0.05, 0) is 49.9 Å². The van der Waals surface area contributed by atoms with Gasteiger partial charge in [-0.3, -0.25) is 4.79 Å². The first-order chi connectivity index (χ1) is 12.0. The normalized spacial score (nSPS) is 17.8. The minimum absolute atomic E-state index is 0.0319. The van der Waals surface area contributed by atoms with E-state index in [2.05, 4.69) is 17.6 Å². The molecular formula is C18H26Cl2N2O3. The second-order valence-corrected chi connectivity index (χ2v) is 7.37. The maximum absolute atomic E-state index is 12.1. The molecule has 2 rings (SSSR count). The van der Waals surface area contributed by atoms with E-state index in [0.29, 0.717) is 34.1 Å². The Kier molecular flexibility index (Phi) is 8.30. The zero-order valence-electron chi connectivity index (χ0n) is 14.4. The molecule has 1 aromatic rings. The summed E-state index contributed by atoms with van der Waals surface area (Å²) in [6.07, 6.45) is 1.91. The second kappa shape index (κ2) is 10.2. The van der Waals surface area contributed by atoms with Crippen molar-refractivity contribution in [2.45, 2.75) is 32.3 Å². The number of halogens is 2. The number of carbonyl (C=O) groups is 1. The third-order valence-corrected chi connectivity index (χ3v) is 5.38. The molecule has 0 bridgehead atoms. The summed E-state index contributed by atoms with van der Waals surface area (Å²) in [4.78, 5) is 12.1. The Morgan fingerprint density at radius 1 is 1.40 bits per heavy atom. The van der Waals surface area contributed by atoms with Gasteiger partial charge in [0.1, 0.15) is 23.5 Å². The molecule has 0 radical (unpaired) electrons. The van der Waals surface area contributed by atoms with E-state index in [1.165, 1.54) is 0 Å². The van der Waals surface area contributed by atoms with Crippen LogP contribution in [0.2, 0.25) is 10.0 Å². The van der Waals surface area contributed by atoms with E-state index in [9.17, 15) is 9.90 Å². The minimum atomic E-state index is -0.812. The predicted molar refractivity (Wildman–Crippen MR) is 100 cm³/mol. The third-order valence-electron chi connectivity index (χ3n) is 4.58. The molecule has 0 aliphatic carbocycles. The highest BCUT2D eigenvalue weighted by Gasteiger charge is 2.22. The van der Waals surface area contributed by atoms with Gasteiger partial charge in [0, 0.05) is 13.0 Å². The molecule has 5 nitrogen and oxygen atoms in total. The van der Waals surface area contributed by atoms with Crippen LogP contribution >= 0.6 is 23.2 Å².